The lowest BCUT2D eigenvalue weighted by Gasteiger charge is -2.31. The number of ether oxygens (including phenoxy) is 3. The SMILES string of the molecule is C=C(C)C(=O)OC(C)(C)C1COC2(CCCC2)O1. The lowest BCUT2D eigenvalue weighted by Crippen LogP contribution is -2.43. The summed E-state index contributed by atoms with van der Waals surface area (Å²) in [6.07, 6.45) is 3.94. The Morgan fingerprint density at radius 1 is 1.39 bits per heavy atom. The van der Waals surface area contributed by atoms with Gasteiger partial charge >= 0.3 is 5.97 Å². The zero-order chi connectivity index (χ0) is 13.4. The fourth-order valence-electron chi connectivity index (χ4n) is 2.47. The van der Waals surface area contributed by atoms with Gasteiger partial charge in [-0.2, -0.15) is 0 Å². The highest BCUT2D eigenvalue weighted by atomic mass is 16.8. The molecule has 0 aromatic carbocycles. The average Bonchev–Trinajstić information content (AvgIpc) is 2.89. The van der Waals surface area contributed by atoms with Gasteiger partial charge in [-0.3, -0.25) is 0 Å². The van der Waals surface area contributed by atoms with Crippen LogP contribution in [0.15, 0.2) is 12.2 Å². The first-order chi connectivity index (χ1) is 8.35. The third-order valence-corrected chi connectivity index (χ3v) is 3.70. The molecule has 18 heavy (non-hydrogen) atoms. The van der Waals surface area contributed by atoms with E-state index in [4.69, 9.17) is 14.2 Å². The Bertz CT molecular complexity index is 353. The van der Waals surface area contributed by atoms with Gasteiger partial charge in [0.25, 0.3) is 0 Å². The maximum atomic E-state index is 11.6. The number of carbonyl (C=O) groups is 1. The van der Waals surface area contributed by atoms with Gasteiger partial charge in [0, 0.05) is 18.4 Å². The van der Waals surface area contributed by atoms with Gasteiger partial charge in [0.05, 0.1) is 6.61 Å². The van der Waals surface area contributed by atoms with Crippen LogP contribution in [0.25, 0.3) is 0 Å². The highest BCUT2D eigenvalue weighted by Crippen LogP contribution is 2.42. The Labute approximate surface area is 108 Å². The largest absolute Gasteiger partial charge is 0.453 e. The molecule has 1 spiro atoms. The molecular weight excluding hydrogens is 232 g/mol. The Morgan fingerprint density at radius 3 is 2.56 bits per heavy atom. The molecule has 0 aromatic rings. The van der Waals surface area contributed by atoms with Gasteiger partial charge in [0.1, 0.15) is 11.7 Å². The monoisotopic (exact) mass is 254 g/mol. The maximum Gasteiger partial charge on any atom is 0.333 e. The molecule has 1 heterocycles. The minimum atomic E-state index is -0.692. The number of carbonyl (C=O) groups excluding carboxylic acids is 1. The molecule has 0 radical (unpaired) electrons. The van der Waals surface area contributed by atoms with Crippen molar-refractivity contribution in [2.75, 3.05) is 6.61 Å². The van der Waals surface area contributed by atoms with Crippen LogP contribution in [0.2, 0.25) is 0 Å². The summed E-state index contributed by atoms with van der Waals surface area (Å²) in [6.45, 7) is 9.43. The Kier molecular flexibility index (Phi) is 3.52. The zero-order valence-electron chi connectivity index (χ0n) is 11.5. The summed E-state index contributed by atoms with van der Waals surface area (Å²) >= 11 is 0. The van der Waals surface area contributed by atoms with Crippen LogP contribution >= 0.6 is 0 Å². The highest BCUT2D eigenvalue weighted by Gasteiger charge is 2.49. The Balaban J connectivity index is 1.99. The van der Waals surface area contributed by atoms with Crippen molar-refractivity contribution in [3.05, 3.63) is 12.2 Å². The van der Waals surface area contributed by atoms with Crippen molar-refractivity contribution in [2.45, 2.75) is 63.9 Å². The quantitative estimate of drug-likeness (QED) is 0.573. The molecule has 0 amide bonds. The first-order valence-corrected chi connectivity index (χ1v) is 6.55. The summed E-state index contributed by atoms with van der Waals surface area (Å²) in [5.74, 6) is -0.798. The molecule has 2 fully saturated rings. The van der Waals surface area contributed by atoms with Crippen LogP contribution < -0.4 is 0 Å². The van der Waals surface area contributed by atoms with Crippen LogP contribution in [-0.4, -0.2) is 30.1 Å². The predicted octanol–water partition coefficient (Wildman–Crippen LogP) is 2.57. The van der Waals surface area contributed by atoms with Gasteiger partial charge in [-0.15, -0.1) is 0 Å². The van der Waals surface area contributed by atoms with Gasteiger partial charge in [-0.05, 0) is 33.6 Å². The van der Waals surface area contributed by atoms with Crippen LogP contribution in [0.4, 0.5) is 0 Å². The zero-order valence-corrected chi connectivity index (χ0v) is 11.5. The van der Waals surface area contributed by atoms with E-state index in [-0.39, 0.29) is 12.1 Å². The molecule has 4 nitrogen and oxygen atoms in total. The van der Waals surface area contributed by atoms with E-state index >= 15 is 0 Å². The molecule has 0 aromatic heterocycles. The molecule has 102 valence electrons. The summed E-state index contributed by atoms with van der Waals surface area (Å²) in [5, 5.41) is 0. The van der Waals surface area contributed by atoms with Crippen molar-refractivity contribution < 1.29 is 19.0 Å². The van der Waals surface area contributed by atoms with Gasteiger partial charge in [0.15, 0.2) is 5.79 Å². The molecule has 2 aliphatic rings. The number of hydrogen-bond donors (Lipinski definition) is 0. The van der Waals surface area contributed by atoms with Gasteiger partial charge in [-0.1, -0.05) is 6.58 Å². The van der Waals surface area contributed by atoms with Crippen LogP contribution in [0.5, 0.6) is 0 Å². The molecule has 1 aliphatic carbocycles. The number of hydrogen-bond acceptors (Lipinski definition) is 4. The van der Waals surface area contributed by atoms with E-state index in [1.54, 1.807) is 6.92 Å². The van der Waals surface area contributed by atoms with Crippen molar-refractivity contribution in [2.24, 2.45) is 0 Å². The van der Waals surface area contributed by atoms with Crippen LogP contribution in [-0.2, 0) is 19.0 Å². The Morgan fingerprint density at radius 2 is 2.00 bits per heavy atom. The summed E-state index contributed by atoms with van der Waals surface area (Å²) in [6, 6.07) is 0. The molecule has 1 unspecified atom stereocenters. The highest BCUT2D eigenvalue weighted by molar-refractivity contribution is 5.87. The van der Waals surface area contributed by atoms with Gasteiger partial charge in [-0.25, -0.2) is 4.79 Å². The number of rotatable bonds is 3. The molecule has 0 N–H and O–H groups in total. The fraction of sp³-hybridized carbons (Fsp3) is 0.786. The van der Waals surface area contributed by atoms with E-state index in [2.05, 4.69) is 6.58 Å². The summed E-state index contributed by atoms with van der Waals surface area (Å²) < 4.78 is 17.3. The molecule has 0 bridgehead atoms. The standard InChI is InChI=1S/C14H22O4/c1-10(2)12(15)18-13(3,4)11-9-16-14(17-11)7-5-6-8-14/h11H,1,5-9H2,2-4H3. The predicted molar refractivity (Wildman–Crippen MR) is 67.0 cm³/mol. The average molecular weight is 254 g/mol. The molecule has 1 saturated heterocycles. The molecule has 4 heteroatoms. The second-order valence-electron chi connectivity index (χ2n) is 5.81. The van der Waals surface area contributed by atoms with Gasteiger partial charge in [0.2, 0.25) is 0 Å². The second-order valence-corrected chi connectivity index (χ2v) is 5.81. The smallest absolute Gasteiger partial charge is 0.333 e. The third kappa shape index (κ3) is 2.59. The molecule has 1 saturated carbocycles. The Hall–Kier alpha value is -0.870. The lowest BCUT2D eigenvalue weighted by atomic mass is 10.0. The summed E-state index contributed by atoms with van der Waals surface area (Å²) in [5.41, 5.74) is -0.292. The molecular formula is C14H22O4. The van der Waals surface area contributed by atoms with E-state index in [1.165, 1.54) is 0 Å². The first-order valence-electron chi connectivity index (χ1n) is 6.55. The van der Waals surface area contributed by atoms with Crippen molar-refractivity contribution in [3.63, 3.8) is 0 Å². The van der Waals surface area contributed by atoms with Crippen molar-refractivity contribution in [1.82, 2.24) is 0 Å². The molecule has 2 rings (SSSR count). The van der Waals surface area contributed by atoms with Crippen LogP contribution in [0, 0.1) is 0 Å². The normalized spacial score (nSPS) is 26.5. The first kappa shape index (κ1) is 13.6. The van der Waals surface area contributed by atoms with Gasteiger partial charge < -0.3 is 14.2 Å². The maximum absolute atomic E-state index is 11.6. The molecule has 1 aliphatic heterocycles. The minimum absolute atomic E-state index is 0.209. The molecule has 1 atom stereocenters. The topological polar surface area (TPSA) is 44.8 Å². The van der Waals surface area contributed by atoms with E-state index < -0.39 is 11.4 Å². The summed E-state index contributed by atoms with van der Waals surface area (Å²) in [7, 11) is 0. The van der Waals surface area contributed by atoms with E-state index in [0.29, 0.717) is 12.2 Å². The van der Waals surface area contributed by atoms with Crippen molar-refractivity contribution in [3.8, 4) is 0 Å². The van der Waals surface area contributed by atoms with E-state index in [9.17, 15) is 4.79 Å². The lowest BCUT2D eigenvalue weighted by molar-refractivity contribution is -0.194. The second kappa shape index (κ2) is 4.67. The van der Waals surface area contributed by atoms with Crippen LogP contribution in [0.3, 0.4) is 0 Å². The van der Waals surface area contributed by atoms with Crippen LogP contribution in [0.1, 0.15) is 46.5 Å². The fourth-order valence-corrected chi connectivity index (χ4v) is 2.47. The van der Waals surface area contributed by atoms with Crippen molar-refractivity contribution in [1.29, 1.82) is 0 Å². The van der Waals surface area contributed by atoms with E-state index in [0.717, 1.165) is 25.7 Å². The minimum Gasteiger partial charge on any atom is -0.453 e. The van der Waals surface area contributed by atoms with Crippen molar-refractivity contribution >= 4 is 5.97 Å². The number of esters is 1. The third-order valence-electron chi connectivity index (χ3n) is 3.70. The summed E-state index contributed by atoms with van der Waals surface area (Å²) in [4.78, 5) is 11.6. The van der Waals surface area contributed by atoms with E-state index in [1.807, 2.05) is 13.8 Å².